The highest BCUT2D eigenvalue weighted by atomic mass is 32.1. The van der Waals surface area contributed by atoms with E-state index in [0.717, 1.165) is 5.69 Å². The van der Waals surface area contributed by atoms with Crippen LogP contribution in [-0.4, -0.2) is 5.11 Å². The number of anilines is 1. The number of hydrogen-bond acceptors (Lipinski definition) is 2. The van der Waals surface area contributed by atoms with Gasteiger partial charge in [-0.3, -0.25) is 0 Å². The summed E-state index contributed by atoms with van der Waals surface area (Å²) in [5.74, 6) is 4.81. The molecule has 1 aromatic carbocycles. The molecule has 1 rings (SSSR count). The molecule has 0 radical (unpaired) electrons. The van der Waals surface area contributed by atoms with Gasteiger partial charge in [0, 0.05) is 5.69 Å². The number of nitrogens with zero attached hydrogens (tertiary/aromatic N) is 2. The summed E-state index contributed by atoms with van der Waals surface area (Å²) in [4.78, 5) is 0. The van der Waals surface area contributed by atoms with Crippen LogP contribution in [0.1, 0.15) is 0 Å². The fourth-order valence-electron chi connectivity index (χ4n) is 0.722. The van der Waals surface area contributed by atoms with Crippen molar-refractivity contribution in [1.29, 1.82) is 0 Å². The van der Waals surface area contributed by atoms with E-state index in [9.17, 15) is 0 Å². The third-order valence-corrected chi connectivity index (χ3v) is 1.36. The van der Waals surface area contributed by atoms with Crippen molar-refractivity contribution in [3.05, 3.63) is 30.3 Å². The summed E-state index contributed by atoms with van der Waals surface area (Å²) in [6, 6.07) is 9.45. The standard InChI is InChI=1S/C7H8N4S/c8-11-10-7(12)9-6-4-2-1-3-5-6/h1-5H,(H3,8,9,10,12). The number of nitrogens with two attached hydrogens (primary N) is 1. The number of benzene rings is 1. The fourth-order valence-corrected chi connectivity index (χ4v) is 0.887. The molecule has 0 aliphatic carbocycles. The lowest BCUT2D eigenvalue weighted by Crippen LogP contribution is -2.05. The minimum absolute atomic E-state index is 0.253. The van der Waals surface area contributed by atoms with E-state index in [-0.39, 0.29) is 5.11 Å². The molecule has 0 fully saturated rings. The van der Waals surface area contributed by atoms with Crippen LogP contribution < -0.4 is 11.2 Å². The molecule has 1 aromatic rings. The van der Waals surface area contributed by atoms with E-state index >= 15 is 0 Å². The van der Waals surface area contributed by atoms with Crippen molar-refractivity contribution in [2.75, 3.05) is 5.32 Å². The van der Waals surface area contributed by atoms with E-state index in [0.29, 0.717) is 0 Å². The smallest absolute Gasteiger partial charge is 0.220 e. The molecule has 62 valence electrons. The van der Waals surface area contributed by atoms with Gasteiger partial charge < -0.3 is 11.2 Å². The lowest BCUT2D eigenvalue weighted by atomic mass is 10.3. The molecule has 12 heavy (non-hydrogen) atoms. The molecule has 0 bridgehead atoms. The Kier molecular flexibility index (Phi) is 3.16. The SMILES string of the molecule is N/N=N/C(=S)Nc1ccccc1. The van der Waals surface area contributed by atoms with Crippen LogP contribution in [-0.2, 0) is 0 Å². The second kappa shape index (κ2) is 4.40. The summed E-state index contributed by atoms with van der Waals surface area (Å²) >= 11 is 4.78. The topological polar surface area (TPSA) is 62.8 Å². The molecule has 0 saturated carbocycles. The van der Waals surface area contributed by atoms with Gasteiger partial charge >= 0.3 is 0 Å². The van der Waals surface area contributed by atoms with Crippen LogP contribution in [0, 0.1) is 0 Å². The van der Waals surface area contributed by atoms with Gasteiger partial charge in [-0.05, 0) is 24.4 Å². The molecule has 0 amide bonds. The van der Waals surface area contributed by atoms with E-state index in [2.05, 4.69) is 15.7 Å². The summed E-state index contributed by atoms with van der Waals surface area (Å²) in [5, 5.41) is 9.58. The average molecular weight is 180 g/mol. The highest BCUT2D eigenvalue weighted by Crippen LogP contribution is 2.04. The predicted octanol–water partition coefficient (Wildman–Crippen LogP) is 1.71. The van der Waals surface area contributed by atoms with E-state index in [1.54, 1.807) is 0 Å². The molecule has 0 spiro atoms. The zero-order valence-electron chi connectivity index (χ0n) is 6.27. The molecule has 0 unspecified atom stereocenters. The largest absolute Gasteiger partial charge is 0.329 e. The summed E-state index contributed by atoms with van der Waals surface area (Å²) in [7, 11) is 0. The van der Waals surface area contributed by atoms with Crippen LogP contribution in [0.3, 0.4) is 0 Å². The maximum Gasteiger partial charge on any atom is 0.220 e. The molecular formula is C7H8N4S. The Morgan fingerprint density at radius 2 is 2.00 bits per heavy atom. The number of hydrogen-bond donors (Lipinski definition) is 2. The Bertz CT molecular complexity index is 283. The van der Waals surface area contributed by atoms with E-state index in [4.69, 9.17) is 18.1 Å². The molecule has 0 aliphatic rings. The third-order valence-electron chi connectivity index (χ3n) is 1.17. The molecule has 0 heterocycles. The highest BCUT2D eigenvalue weighted by molar-refractivity contribution is 7.80. The van der Waals surface area contributed by atoms with Crippen molar-refractivity contribution in [1.82, 2.24) is 0 Å². The first-order chi connectivity index (χ1) is 5.83. The van der Waals surface area contributed by atoms with Gasteiger partial charge in [0.15, 0.2) is 0 Å². The predicted molar refractivity (Wildman–Crippen MR) is 51.7 cm³/mol. The van der Waals surface area contributed by atoms with Crippen molar-refractivity contribution in [2.24, 2.45) is 16.2 Å². The number of thiocarbonyl (C=S) groups is 1. The zero-order chi connectivity index (χ0) is 8.81. The zero-order valence-corrected chi connectivity index (χ0v) is 7.08. The molecule has 0 saturated heterocycles. The Labute approximate surface area is 75.5 Å². The Morgan fingerprint density at radius 3 is 2.58 bits per heavy atom. The van der Waals surface area contributed by atoms with Gasteiger partial charge in [-0.2, -0.15) is 0 Å². The van der Waals surface area contributed by atoms with Crippen molar-refractivity contribution in [3.8, 4) is 0 Å². The van der Waals surface area contributed by atoms with Gasteiger partial charge in [-0.25, -0.2) is 0 Å². The highest BCUT2D eigenvalue weighted by Gasteiger charge is 1.92. The van der Waals surface area contributed by atoms with Crippen LogP contribution in [0.2, 0.25) is 0 Å². The van der Waals surface area contributed by atoms with Crippen LogP contribution in [0.25, 0.3) is 0 Å². The van der Waals surface area contributed by atoms with Crippen molar-refractivity contribution in [3.63, 3.8) is 0 Å². The van der Waals surface area contributed by atoms with Crippen LogP contribution in [0.15, 0.2) is 40.7 Å². The van der Waals surface area contributed by atoms with Gasteiger partial charge in [-0.15, -0.1) is 5.11 Å². The first kappa shape index (κ1) is 8.61. The maximum absolute atomic E-state index is 4.81. The lowest BCUT2D eigenvalue weighted by Gasteiger charge is -2.00. The van der Waals surface area contributed by atoms with Crippen molar-refractivity contribution >= 4 is 23.0 Å². The average Bonchev–Trinajstić information content (AvgIpc) is 2.06. The molecule has 0 aliphatic heterocycles. The first-order valence-electron chi connectivity index (χ1n) is 3.30. The molecule has 0 aromatic heterocycles. The Balaban J connectivity index is 2.59. The van der Waals surface area contributed by atoms with Crippen LogP contribution in [0.5, 0.6) is 0 Å². The number of rotatable bonds is 1. The van der Waals surface area contributed by atoms with Crippen LogP contribution in [0.4, 0.5) is 5.69 Å². The second-order valence-corrected chi connectivity index (χ2v) is 2.40. The molecule has 3 N–H and O–H groups in total. The number of nitrogens with one attached hydrogen (secondary N) is 1. The van der Waals surface area contributed by atoms with Crippen LogP contribution >= 0.6 is 12.2 Å². The molecule has 5 heteroatoms. The van der Waals surface area contributed by atoms with E-state index in [1.807, 2.05) is 30.3 Å². The molecular weight excluding hydrogens is 172 g/mol. The summed E-state index contributed by atoms with van der Waals surface area (Å²) in [6.45, 7) is 0. The summed E-state index contributed by atoms with van der Waals surface area (Å²) < 4.78 is 0. The maximum atomic E-state index is 4.81. The minimum atomic E-state index is 0.253. The van der Waals surface area contributed by atoms with Gasteiger partial charge in [0.05, 0.1) is 0 Å². The Morgan fingerprint density at radius 1 is 1.33 bits per heavy atom. The fraction of sp³-hybridized carbons (Fsp3) is 0. The lowest BCUT2D eigenvalue weighted by molar-refractivity contribution is 1.09. The van der Waals surface area contributed by atoms with Crippen molar-refractivity contribution < 1.29 is 0 Å². The number of para-hydroxylation sites is 1. The minimum Gasteiger partial charge on any atom is -0.329 e. The van der Waals surface area contributed by atoms with Gasteiger partial charge in [0.2, 0.25) is 5.11 Å². The quantitative estimate of drug-likeness (QED) is 0.299. The normalized spacial score (nSPS) is 10.0. The van der Waals surface area contributed by atoms with Gasteiger partial charge in [0.1, 0.15) is 0 Å². The Hall–Kier alpha value is -1.49. The summed E-state index contributed by atoms with van der Waals surface area (Å²) in [6.07, 6.45) is 0. The second-order valence-electron chi connectivity index (χ2n) is 2.01. The van der Waals surface area contributed by atoms with E-state index in [1.165, 1.54) is 0 Å². The third kappa shape index (κ3) is 2.63. The monoisotopic (exact) mass is 180 g/mol. The molecule has 4 nitrogen and oxygen atoms in total. The van der Waals surface area contributed by atoms with Gasteiger partial charge in [-0.1, -0.05) is 23.4 Å². The first-order valence-corrected chi connectivity index (χ1v) is 3.70. The molecule has 0 atom stereocenters. The van der Waals surface area contributed by atoms with Crippen molar-refractivity contribution in [2.45, 2.75) is 0 Å². The summed E-state index contributed by atoms with van der Waals surface area (Å²) in [5.41, 5.74) is 0.870. The van der Waals surface area contributed by atoms with Gasteiger partial charge in [0.25, 0.3) is 0 Å². The van der Waals surface area contributed by atoms with E-state index < -0.39 is 0 Å².